The van der Waals surface area contributed by atoms with Crippen LogP contribution in [-0.2, 0) is 9.53 Å². The minimum atomic E-state index is -0.506. The van der Waals surface area contributed by atoms with Gasteiger partial charge in [-0.2, -0.15) is 0 Å². The van der Waals surface area contributed by atoms with E-state index in [2.05, 4.69) is 5.32 Å². The molecule has 0 aliphatic carbocycles. The number of nitrogens with zero attached hydrogens (tertiary/aromatic N) is 1. The van der Waals surface area contributed by atoms with Gasteiger partial charge < -0.3 is 15.0 Å². The smallest absolute Gasteiger partial charge is 0.338 e. The van der Waals surface area contributed by atoms with Gasteiger partial charge in [0.25, 0.3) is 5.91 Å². The molecule has 138 valence electrons. The van der Waals surface area contributed by atoms with Gasteiger partial charge in [-0.25, -0.2) is 4.79 Å². The molecule has 0 saturated carbocycles. The Bertz CT molecular complexity index is 737. The number of nitrogens with one attached hydrogen (secondary N) is 1. The van der Waals surface area contributed by atoms with Crippen LogP contribution >= 0.6 is 0 Å². The highest BCUT2D eigenvalue weighted by atomic mass is 16.5. The van der Waals surface area contributed by atoms with Gasteiger partial charge >= 0.3 is 5.97 Å². The van der Waals surface area contributed by atoms with Gasteiger partial charge in [-0.15, -0.1) is 0 Å². The van der Waals surface area contributed by atoms with Gasteiger partial charge in [0.2, 0.25) is 0 Å². The molecule has 0 heterocycles. The van der Waals surface area contributed by atoms with E-state index in [4.69, 9.17) is 4.74 Å². The lowest BCUT2D eigenvalue weighted by molar-refractivity contribution is -0.125. The maximum Gasteiger partial charge on any atom is 0.338 e. The zero-order chi connectivity index (χ0) is 19.1. The molecule has 5 nitrogen and oxygen atoms in total. The number of benzene rings is 2. The number of anilines is 1. The minimum absolute atomic E-state index is 0.0961. The summed E-state index contributed by atoms with van der Waals surface area (Å²) in [6.07, 6.45) is 0.759. The third-order valence-electron chi connectivity index (χ3n) is 4.18. The topological polar surface area (TPSA) is 58.6 Å². The molecule has 0 aromatic heterocycles. The molecule has 0 fully saturated rings. The molecule has 1 atom stereocenters. The molecule has 0 unspecified atom stereocenters. The fourth-order valence-corrected chi connectivity index (χ4v) is 2.57. The number of ether oxygens (including phenoxy) is 1. The maximum atomic E-state index is 12.1. The first-order chi connectivity index (χ1) is 12.4. The van der Waals surface area contributed by atoms with Crippen LogP contribution < -0.4 is 10.2 Å². The molecule has 26 heavy (non-hydrogen) atoms. The summed E-state index contributed by atoms with van der Waals surface area (Å²) in [5.41, 5.74) is 3.62. The number of carbonyl (C=O) groups is 2. The fourth-order valence-electron chi connectivity index (χ4n) is 2.57. The molecule has 5 heteroatoms. The average Bonchev–Trinajstić information content (AvgIpc) is 2.65. The Morgan fingerprint density at radius 2 is 1.65 bits per heavy atom. The summed E-state index contributed by atoms with van der Waals surface area (Å²) in [5, 5.41) is 2.91. The van der Waals surface area contributed by atoms with Gasteiger partial charge in [-0.05, 0) is 43.2 Å². The van der Waals surface area contributed by atoms with Crippen molar-refractivity contribution in [3.05, 3.63) is 65.2 Å². The highest BCUT2D eigenvalue weighted by Gasteiger charge is 2.15. The number of carbonyl (C=O) groups excluding carboxylic acids is 2. The molecule has 1 amide bonds. The first-order valence-corrected chi connectivity index (χ1v) is 8.71. The molecule has 2 aromatic rings. The molecule has 2 rings (SSSR count). The van der Waals surface area contributed by atoms with E-state index in [0.717, 1.165) is 17.7 Å². The van der Waals surface area contributed by atoms with Gasteiger partial charge in [0, 0.05) is 19.8 Å². The molecule has 2 aromatic carbocycles. The minimum Gasteiger partial charge on any atom is -0.452 e. The van der Waals surface area contributed by atoms with Crippen molar-refractivity contribution in [3.8, 4) is 0 Å². The average molecular weight is 354 g/mol. The summed E-state index contributed by atoms with van der Waals surface area (Å²) < 4.78 is 5.13. The number of amides is 1. The van der Waals surface area contributed by atoms with E-state index in [1.54, 1.807) is 12.1 Å². The number of rotatable bonds is 7. The molecule has 0 saturated heterocycles. The van der Waals surface area contributed by atoms with Crippen molar-refractivity contribution in [3.63, 3.8) is 0 Å². The summed E-state index contributed by atoms with van der Waals surface area (Å²) in [7, 11) is 3.85. The van der Waals surface area contributed by atoms with E-state index in [1.165, 1.54) is 5.56 Å². The predicted molar refractivity (Wildman–Crippen MR) is 103 cm³/mol. The van der Waals surface area contributed by atoms with Gasteiger partial charge in [0.15, 0.2) is 6.61 Å². The van der Waals surface area contributed by atoms with E-state index >= 15 is 0 Å². The van der Waals surface area contributed by atoms with E-state index in [-0.39, 0.29) is 18.6 Å². The van der Waals surface area contributed by atoms with Crippen LogP contribution in [0.4, 0.5) is 5.69 Å². The third-order valence-corrected chi connectivity index (χ3v) is 4.18. The monoisotopic (exact) mass is 354 g/mol. The summed E-state index contributed by atoms with van der Waals surface area (Å²) in [5.74, 6) is -0.815. The molecule has 0 aliphatic heterocycles. The summed E-state index contributed by atoms with van der Waals surface area (Å²) in [6.45, 7) is 3.73. The Kier molecular flexibility index (Phi) is 6.78. The number of aryl methyl sites for hydroxylation is 1. The second-order valence-electron chi connectivity index (χ2n) is 6.46. The molecule has 0 aliphatic rings. The number of hydrogen-bond acceptors (Lipinski definition) is 4. The first kappa shape index (κ1) is 19.5. The maximum absolute atomic E-state index is 12.1. The van der Waals surface area contributed by atoms with Crippen molar-refractivity contribution in [1.29, 1.82) is 0 Å². The van der Waals surface area contributed by atoms with Crippen LogP contribution in [0.15, 0.2) is 48.5 Å². The first-order valence-electron chi connectivity index (χ1n) is 8.71. The lowest BCUT2D eigenvalue weighted by Gasteiger charge is -2.17. The van der Waals surface area contributed by atoms with Gasteiger partial charge in [0.1, 0.15) is 0 Å². The summed E-state index contributed by atoms with van der Waals surface area (Å²) in [6, 6.07) is 15.0. The molecule has 0 bridgehead atoms. The molecule has 1 N–H and O–H groups in total. The summed E-state index contributed by atoms with van der Waals surface area (Å²) >= 11 is 0. The Balaban J connectivity index is 1.88. The molecule has 0 radical (unpaired) electrons. The second kappa shape index (κ2) is 9.04. The lowest BCUT2D eigenvalue weighted by atomic mass is 10.0. The zero-order valence-electron chi connectivity index (χ0n) is 15.8. The lowest BCUT2D eigenvalue weighted by Crippen LogP contribution is -2.32. The van der Waals surface area contributed by atoms with Crippen LogP contribution in [0.3, 0.4) is 0 Å². The zero-order valence-corrected chi connectivity index (χ0v) is 15.8. The Labute approximate surface area is 155 Å². The normalized spacial score (nSPS) is 11.5. The van der Waals surface area contributed by atoms with Crippen molar-refractivity contribution in [2.45, 2.75) is 26.3 Å². The SMILES string of the molecule is CC[C@H](NC(=O)COC(=O)c1ccc(N(C)C)cc1)c1ccc(C)cc1. The van der Waals surface area contributed by atoms with Gasteiger partial charge in [-0.1, -0.05) is 36.8 Å². The van der Waals surface area contributed by atoms with Crippen LogP contribution in [0.25, 0.3) is 0 Å². The Hall–Kier alpha value is -2.82. The molecular weight excluding hydrogens is 328 g/mol. The molecular formula is C21H26N2O3. The van der Waals surface area contributed by atoms with Crippen LogP contribution in [-0.4, -0.2) is 32.6 Å². The summed E-state index contributed by atoms with van der Waals surface area (Å²) in [4.78, 5) is 26.2. The van der Waals surface area contributed by atoms with Crippen molar-refractivity contribution < 1.29 is 14.3 Å². The van der Waals surface area contributed by atoms with Gasteiger partial charge in [0.05, 0.1) is 11.6 Å². The van der Waals surface area contributed by atoms with Gasteiger partial charge in [-0.3, -0.25) is 4.79 Å². The standard InChI is InChI=1S/C21H26N2O3/c1-5-19(16-8-6-15(2)7-9-16)22-20(24)14-26-21(25)17-10-12-18(13-11-17)23(3)4/h6-13,19H,5,14H2,1-4H3,(H,22,24)/t19-/m0/s1. The Morgan fingerprint density at radius 1 is 1.04 bits per heavy atom. The highest BCUT2D eigenvalue weighted by molar-refractivity contribution is 5.91. The van der Waals surface area contributed by atoms with Crippen LogP contribution in [0, 0.1) is 6.92 Å². The number of esters is 1. The largest absolute Gasteiger partial charge is 0.452 e. The van der Waals surface area contributed by atoms with Crippen molar-refractivity contribution >= 4 is 17.6 Å². The Morgan fingerprint density at radius 3 is 2.19 bits per heavy atom. The van der Waals surface area contributed by atoms with Crippen LogP contribution in [0.1, 0.15) is 40.9 Å². The fraction of sp³-hybridized carbons (Fsp3) is 0.333. The third kappa shape index (κ3) is 5.34. The number of hydrogen-bond donors (Lipinski definition) is 1. The van der Waals surface area contributed by atoms with Crippen LogP contribution in [0.5, 0.6) is 0 Å². The predicted octanol–water partition coefficient (Wildman–Crippen LogP) is 3.49. The van der Waals surface area contributed by atoms with E-state index in [9.17, 15) is 9.59 Å². The van der Waals surface area contributed by atoms with E-state index in [0.29, 0.717) is 5.56 Å². The molecule has 0 spiro atoms. The van der Waals surface area contributed by atoms with Crippen molar-refractivity contribution in [2.24, 2.45) is 0 Å². The van der Waals surface area contributed by atoms with E-state index < -0.39 is 5.97 Å². The second-order valence-corrected chi connectivity index (χ2v) is 6.46. The van der Waals surface area contributed by atoms with E-state index in [1.807, 2.05) is 69.2 Å². The van der Waals surface area contributed by atoms with Crippen molar-refractivity contribution in [2.75, 3.05) is 25.6 Å². The van der Waals surface area contributed by atoms with Crippen LogP contribution in [0.2, 0.25) is 0 Å². The quantitative estimate of drug-likeness (QED) is 0.774. The highest BCUT2D eigenvalue weighted by Crippen LogP contribution is 2.17. The van der Waals surface area contributed by atoms with Crippen molar-refractivity contribution in [1.82, 2.24) is 5.32 Å².